The van der Waals surface area contributed by atoms with E-state index in [1.807, 2.05) is 31.2 Å². The molecule has 0 amide bonds. The van der Waals surface area contributed by atoms with E-state index in [-0.39, 0.29) is 0 Å². The first-order valence-electron chi connectivity index (χ1n) is 5.02. The van der Waals surface area contributed by atoms with Gasteiger partial charge in [-0.1, -0.05) is 0 Å². The molecule has 1 aromatic heterocycles. The highest BCUT2D eigenvalue weighted by atomic mass is 15.1. The van der Waals surface area contributed by atoms with Crippen molar-refractivity contribution in [3.8, 4) is 6.07 Å². The van der Waals surface area contributed by atoms with Gasteiger partial charge in [0, 0.05) is 11.9 Å². The monoisotopic (exact) mass is 212 g/mol. The Labute approximate surface area is 93.9 Å². The number of hydrogen-bond donors (Lipinski definition) is 2. The molecule has 0 radical (unpaired) electrons. The van der Waals surface area contributed by atoms with Crippen molar-refractivity contribution in [2.45, 2.75) is 13.5 Å². The number of benzene rings is 1. The maximum atomic E-state index is 8.75. The van der Waals surface area contributed by atoms with E-state index in [1.165, 1.54) is 0 Å². The maximum absolute atomic E-state index is 8.75. The lowest BCUT2D eigenvalue weighted by Gasteiger charge is -2.08. The van der Waals surface area contributed by atoms with Crippen molar-refractivity contribution in [3.05, 3.63) is 47.3 Å². The van der Waals surface area contributed by atoms with Gasteiger partial charge in [0.25, 0.3) is 0 Å². The number of nitriles is 1. The van der Waals surface area contributed by atoms with E-state index in [4.69, 9.17) is 5.26 Å². The lowest BCUT2D eigenvalue weighted by molar-refractivity contribution is 0.980. The second-order valence-corrected chi connectivity index (χ2v) is 3.58. The lowest BCUT2D eigenvalue weighted by Crippen LogP contribution is -2.01. The Morgan fingerprint density at radius 1 is 1.44 bits per heavy atom. The smallest absolute Gasteiger partial charge is 0.0991 e. The van der Waals surface area contributed by atoms with Crippen LogP contribution in [0.3, 0.4) is 0 Å². The summed E-state index contributed by atoms with van der Waals surface area (Å²) >= 11 is 0. The van der Waals surface area contributed by atoms with Crippen LogP contribution in [0.15, 0.2) is 30.5 Å². The molecule has 4 nitrogen and oxygen atoms in total. The van der Waals surface area contributed by atoms with Crippen LogP contribution in [0.25, 0.3) is 0 Å². The van der Waals surface area contributed by atoms with E-state index in [0.29, 0.717) is 12.1 Å². The van der Waals surface area contributed by atoms with Gasteiger partial charge in [-0.3, -0.25) is 5.10 Å². The molecule has 80 valence electrons. The fraction of sp³-hybridized carbons (Fsp3) is 0.167. The van der Waals surface area contributed by atoms with Crippen LogP contribution in [0.2, 0.25) is 0 Å². The molecule has 0 aliphatic carbocycles. The van der Waals surface area contributed by atoms with Crippen molar-refractivity contribution in [1.29, 1.82) is 5.26 Å². The molecule has 0 unspecified atom stereocenters. The van der Waals surface area contributed by atoms with Crippen molar-refractivity contribution in [2.24, 2.45) is 0 Å². The quantitative estimate of drug-likeness (QED) is 0.819. The Bertz CT molecular complexity index is 508. The lowest BCUT2D eigenvalue weighted by atomic mass is 10.1. The first-order valence-corrected chi connectivity index (χ1v) is 5.02. The third kappa shape index (κ3) is 2.20. The molecule has 0 aliphatic heterocycles. The van der Waals surface area contributed by atoms with Crippen molar-refractivity contribution in [1.82, 2.24) is 10.2 Å². The zero-order chi connectivity index (χ0) is 11.4. The molecule has 2 rings (SSSR count). The largest absolute Gasteiger partial charge is 0.379 e. The van der Waals surface area contributed by atoms with E-state index >= 15 is 0 Å². The summed E-state index contributed by atoms with van der Waals surface area (Å²) in [4.78, 5) is 0. The SMILES string of the molecule is Cc1cc(C#N)ccc1NCc1ccn[nH]1. The van der Waals surface area contributed by atoms with Gasteiger partial charge >= 0.3 is 0 Å². The van der Waals surface area contributed by atoms with Gasteiger partial charge in [0.05, 0.1) is 23.9 Å². The Morgan fingerprint density at radius 3 is 2.94 bits per heavy atom. The maximum Gasteiger partial charge on any atom is 0.0991 e. The predicted molar refractivity (Wildman–Crippen MR) is 61.8 cm³/mol. The molecule has 0 aliphatic rings. The second kappa shape index (κ2) is 4.49. The van der Waals surface area contributed by atoms with E-state index in [2.05, 4.69) is 21.6 Å². The van der Waals surface area contributed by atoms with Crippen LogP contribution >= 0.6 is 0 Å². The molecule has 0 saturated carbocycles. The van der Waals surface area contributed by atoms with Gasteiger partial charge in [0.15, 0.2) is 0 Å². The van der Waals surface area contributed by atoms with Crippen LogP contribution in [-0.4, -0.2) is 10.2 Å². The van der Waals surface area contributed by atoms with Gasteiger partial charge in [-0.2, -0.15) is 10.4 Å². The molecule has 0 bridgehead atoms. The standard InChI is InChI=1S/C12H12N4/c1-9-6-10(7-13)2-3-12(9)14-8-11-4-5-15-16-11/h2-6,14H,8H2,1H3,(H,15,16). The van der Waals surface area contributed by atoms with Crippen molar-refractivity contribution < 1.29 is 0 Å². The molecule has 0 fully saturated rings. The average Bonchev–Trinajstić information content (AvgIpc) is 2.80. The van der Waals surface area contributed by atoms with Gasteiger partial charge in [0.1, 0.15) is 0 Å². The molecule has 2 N–H and O–H groups in total. The second-order valence-electron chi connectivity index (χ2n) is 3.58. The predicted octanol–water partition coefficient (Wildman–Crippen LogP) is 2.20. The number of aryl methyl sites for hydroxylation is 1. The number of nitrogens with one attached hydrogen (secondary N) is 2. The highest BCUT2D eigenvalue weighted by Gasteiger charge is 2.00. The summed E-state index contributed by atoms with van der Waals surface area (Å²) in [6, 6.07) is 9.64. The first-order chi connectivity index (χ1) is 7.79. The van der Waals surface area contributed by atoms with Crippen molar-refractivity contribution in [3.63, 3.8) is 0 Å². The van der Waals surface area contributed by atoms with Gasteiger partial charge in [0.2, 0.25) is 0 Å². The topological polar surface area (TPSA) is 64.5 Å². The fourth-order valence-corrected chi connectivity index (χ4v) is 1.51. The van der Waals surface area contributed by atoms with Crippen LogP contribution in [0.5, 0.6) is 0 Å². The minimum Gasteiger partial charge on any atom is -0.379 e. The number of aromatic nitrogens is 2. The zero-order valence-corrected chi connectivity index (χ0v) is 8.99. The molecule has 4 heteroatoms. The molecular weight excluding hydrogens is 200 g/mol. The number of anilines is 1. The Morgan fingerprint density at radius 2 is 2.31 bits per heavy atom. The molecule has 0 saturated heterocycles. The Hall–Kier alpha value is -2.28. The van der Waals surface area contributed by atoms with Gasteiger partial charge in [-0.05, 0) is 36.8 Å². The number of rotatable bonds is 3. The van der Waals surface area contributed by atoms with E-state index < -0.39 is 0 Å². The van der Waals surface area contributed by atoms with Crippen LogP contribution in [0.1, 0.15) is 16.8 Å². The summed E-state index contributed by atoms with van der Waals surface area (Å²) in [6.07, 6.45) is 1.72. The van der Waals surface area contributed by atoms with Gasteiger partial charge in [-0.25, -0.2) is 0 Å². The summed E-state index contributed by atoms with van der Waals surface area (Å²) in [5.74, 6) is 0. The molecule has 16 heavy (non-hydrogen) atoms. The van der Waals surface area contributed by atoms with Gasteiger partial charge < -0.3 is 5.32 Å². The minimum atomic E-state index is 0.685. The van der Waals surface area contributed by atoms with Crippen LogP contribution in [0, 0.1) is 18.3 Å². The fourth-order valence-electron chi connectivity index (χ4n) is 1.51. The van der Waals surface area contributed by atoms with Crippen LogP contribution < -0.4 is 5.32 Å². The van der Waals surface area contributed by atoms with Crippen molar-refractivity contribution >= 4 is 5.69 Å². The van der Waals surface area contributed by atoms with Crippen molar-refractivity contribution in [2.75, 3.05) is 5.32 Å². The molecule has 1 aromatic carbocycles. The highest BCUT2D eigenvalue weighted by Crippen LogP contribution is 2.16. The van der Waals surface area contributed by atoms with E-state index in [9.17, 15) is 0 Å². The summed E-state index contributed by atoms with van der Waals surface area (Å²) in [6.45, 7) is 2.68. The summed E-state index contributed by atoms with van der Waals surface area (Å²) < 4.78 is 0. The average molecular weight is 212 g/mol. The number of nitrogens with zero attached hydrogens (tertiary/aromatic N) is 2. The summed E-state index contributed by atoms with van der Waals surface area (Å²) in [5, 5.41) is 18.8. The third-order valence-electron chi connectivity index (χ3n) is 2.38. The third-order valence-corrected chi connectivity index (χ3v) is 2.38. The summed E-state index contributed by atoms with van der Waals surface area (Å²) in [5.41, 5.74) is 3.82. The number of hydrogen-bond acceptors (Lipinski definition) is 3. The molecular formula is C12H12N4. The number of H-pyrrole nitrogens is 1. The normalized spacial score (nSPS) is 9.75. The van der Waals surface area contributed by atoms with Crippen LogP contribution in [-0.2, 0) is 6.54 Å². The number of aromatic amines is 1. The Kier molecular flexibility index (Phi) is 2.88. The zero-order valence-electron chi connectivity index (χ0n) is 8.99. The minimum absolute atomic E-state index is 0.685. The molecule has 1 heterocycles. The molecule has 2 aromatic rings. The molecule has 0 atom stereocenters. The molecule has 0 spiro atoms. The van der Waals surface area contributed by atoms with E-state index in [0.717, 1.165) is 16.9 Å². The first kappa shape index (κ1) is 10.2. The highest BCUT2D eigenvalue weighted by molar-refractivity contribution is 5.54. The van der Waals surface area contributed by atoms with E-state index in [1.54, 1.807) is 6.20 Å². The summed E-state index contributed by atoms with van der Waals surface area (Å²) in [7, 11) is 0. The Balaban J connectivity index is 2.08. The van der Waals surface area contributed by atoms with Gasteiger partial charge in [-0.15, -0.1) is 0 Å². The van der Waals surface area contributed by atoms with Crippen LogP contribution in [0.4, 0.5) is 5.69 Å².